The van der Waals surface area contributed by atoms with Gasteiger partial charge in [0.25, 0.3) is 5.91 Å². The van der Waals surface area contributed by atoms with Gasteiger partial charge in [-0.05, 0) is 61.8 Å². The molecule has 2 unspecified atom stereocenters. The molecule has 34 heavy (non-hydrogen) atoms. The molecule has 0 saturated carbocycles. The van der Waals surface area contributed by atoms with Crippen LogP contribution in [0.3, 0.4) is 0 Å². The van der Waals surface area contributed by atoms with Crippen LogP contribution in [-0.4, -0.2) is 44.2 Å². The van der Waals surface area contributed by atoms with Crippen LogP contribution in [0.25, 0.3) is 0 Å². The third-order valence-corrected chi connectivity index (χ3v) is 7.07. The van der Waals surface area contributed by atoms with Gasteiger partial charge in [-0.3, -0.25) is 9.59 Å². The molecule has 2 saturated heterocycles. The van der Waals surface area contributed by atoms with Crippen molar-refractivity contribution in [3.8, 4) is 0 Å². The Hall–Kier alpha value is -2.86. The number of nitrogens with zero attached hydrogens (tertiary/aromatic N) is 1. The van der Waals surface area contributed by atoms with E-state index in [-0.39, 0.29) is 23.8 Å². The Morgan fingerprint density at radius 3 is 2.53 bits per heavy atom. The van der Waals surface area contributed by atoms with Crippen LogP contribution in [0.4, 0.5) is 11.4 Å². The molecule has 2 atom stereocenters. The molecule has 6 heteroatoms. The van der Waals surface area contributed by atoms with Crippen molar-refractivity contribution in [2.45, 2.75) is 58.0 Å². The van der Waals surface area contributed by atoms with E-state index < -0.39 is 0 Å². The first-order valence-electron chi connectivity index (χ1n) is 12.7. The molecule has 4 rings (SSSR count). The Morgan fingerprint density at radius 2 is 1.85 bits per heavy atom. The Balaban J connectivity index is 1.53. The third kappa shape index (κ3) is 5.98. The lowest BCUT2D eigenvalue weighted by molar-refractivity contribution is -0.117. The van der Waals surface area contributed by atoms with Crippen LogP contribution in [0.1, 0.15) is 67.8 Å². The van der Waals surface area contributed by atoms with E-state index in [1.165, 1.54) is 0 Å². The second-order valence-corrected chi connectivity index (χ2v) is 9.61. The highest BCUT2D eigenvalue weighted by Crippen LogP contribution is 2.30. The molecule has 2 aromatic rings. The maximum absolute atomic E-state index is 13.3. The number of carbonyl (C=O) groups is 2. The number of nitrogens with one attached hydrogen (secondary N) is 2. The van der Waals surface area contributed by atoms with Crippen LogP contribution in [0, 0.1) is 5.92 Å². The summed E-state index contributed by atoms with van der Waals surface area (Å²) in [6, 6.07) is 15.6. The van der Waals surface area contributed by atoms with Crippen molar-refractivity contribution >= 4 is 23.2 Å². The molecular formula is C28H37N3O3. The van der Waals surface area contributed by atoms with Gasteiger partial charge in [-0.15, -0.1) is 0 Å². The van der Waals surface area contributed by atoms with E-state index in [1.807, 2.05) is 55.5 Å². The first-order chi connectivity index (χ1) is 16.5. The van der Waals surface area contributed by atoms with Crippen molar-refractivity contribution in [3.63, 3.8) is 0 Å². The van der Waals surface area contributed by atoms with Crippen molar-refractivity contribution < 1.29 is 14.3 Å². The molecule has 182 valence electrons. The van der Waals surface area contributed by atoms with Crippen LogP contribution in [0.15, 0.2) is 48.5 Å². The predicted molar refractivity (Wildman–Crippen MR) is 136 cm³/mol. The molecule has 0 bridgehead atoms. The second kappa shape index (κ2) is 11.5. The Labute approximate surface area is 203 Å². The van der Waals surface area contributed by atoms with E-state index in [0.29, 0.717) is 30.1 Å². The van der Waals surface area contributed by atoms with E-state index in [2.05, 4.69) is 22.5 Å². The summed E-state index contributed by atoms with van der Waals surface area (Å²) >= 11 is 0. The lowest BCUT2D eigenvalue weighted by atomic mass is 9.95. The molecule has 2 aliphatic heterocycles. The molecule has 2 aliphatic rings. The van der Waals surface area contributed by atoms with E-state index in [9.17, 15) is 9.59 Å². The minimum atomic E-state index is -0.235. The Kier molecular flexibility index (Phi) is 8.22. The number of anilines is 2. The highest BCUT2D eigenvalue weighted by molar-refractivity contribution is 6.03. The normalized spacial score (nSPS) is 19.6. The van der Waals surface area contributed by atoms with Crippen molar-refractivity contribution in [1.29, 1.82) is 0 Å². The highest BCUT2D eigenvalue weighted by atomic mass is 16.5. The Morgan fingerprint density at radius 1 is 1.09 bits per heavy atom. The minimum Gasteiger partial charge on any atom is -0.376 e. The summed E-state index contributed by atoms with van der Waals surface area (Å²) in [6.07, 6.45) is 5.04. The van der Waals surface area contributed by atoms with Gasteiger partial charge in [0, 0.05) is 37.6 Å². The maximum atomic E-state index is 13.3. The van der Waals surface area contributed by atoms with Gasteiger partial charge in [0.05, 0.1) is 17.6 Å². The molecule has 0 aliphatic carbocycles. The van der Waals surface area contributed by atoms with Gasteiger partial charge in [-0.1, -0.05) is 44.2 Å². The second-order valence-electron chi connectivity index (χ2n) is 9.61. The first-order valence-corrected chi connectivity index (χ1v) is 12.7. The molecule has 6 nitrogen and oxygen atoms in total. The quantitative estimate of drug-likeness (QED) is 0.580. The van der Waals surface area contributed by atoms with E-state index in [1.54, 1.807) is 0 Å². The summed E-state index contributed by atoms with van der Waals surface area (Å²) in [7, 11) is 0. The van der Waals surface area contributed by atoms with Gasteiger partial charge >= 0.3 is 0 Å². The molecule has 0 aromatic heterocycles. The summed E-state index contributed by atoms with van der Waals surface area (Å²) in [5, 5.41) is 6.13. The number of hydrogen-bond donors (Lipinski definition) is 2. The zero-order valence-corrected chi connectivity index (χ0v) is 20.4. The lowest BCUT2D eigenvalue weighted by Crippen LogP contribution is -2.36. The average Bonchev–Trinajstić information content (AvgIpc) is 3.38. The maximum Gasteiger partial charge on any atom is 0.253 e. The largest absolute Gasteiger partial charge is 0.376 e. The third-order valence-electron chi connectivity index (χ3n) is 7.07. The predicted octanol–water partition coefficient (Wildman–Crippen LogP) is 4.96. The number of piperidine rings is 1. The molecule has 2 N–H and O–H groups in total. The standard InChI is InChI=1S/C28H37N3O3/c1-3-24(21-8-5-4-6-9-21)28(33)30-22-11-12-26(31-15-13-20(2)14-16-31)25(18-22)27(32)29-19-23-10-7-17-34-23/h4-6,8-9,11-12,18,20,23-24H,3,7,10,13-17,19H2,1-2H3,(H,29,32)(H,30,33). The average molecular weight is 464 g/mol. The number of amides is 2. The van der Waals surface area contributed by atoms with Gasteiger partial charge in [0.1, 0.15) is 0 Å². The number of ether oxygens (including phenoxy) is 1. The van der Waals surface area contributed by atoms with Crippen LogP contribution < -0.4 is 15.5 Å². The van der Waals surface area contributed by atoms with Gasteiger partial charge in [0.15, 0.2) is 0 Å². The monoisotopic (exact) mass is 463 g/mol. The summed E-state index contributed by atoms with van der Waals surface area (Å²) in [5.74, 6) is 0.297. The zero-order valence-electron chi connectivity index (χ0n) is 20.4. The molecule has 2 aromatic carbocycles. The molecule has 2 amide bonds. The van der Waals surface area contributed by atoms with E-state index in [0.717, 1.165) is 56.6 Å². The summed E-state index contributed by atoms with van der Waals surface area (Å²) in [5.41, 5.74) is 3.19. The fourth-order valence-electron chi connectivity index (χ4n) is 4.92. The number of rotatable bonds is 8. The fourth-order valence-corrected chi connectivity index (χ4v) is 4.92. The Bertz CT molecular complexity index is 964. The van der Waals surface area contributed by atoms with Gasteiger partial charge in [0.2, 0.25) is 5.91 Å². The van der Waals surface area contributed by atoms with Crippen molar-refractivity contribution in [2.75, 3.05) is 36.5 Å². The molecular weight excluding hydrogens is 426 g/mol. The van der Waals surface area contributed by atoms with Crippen LogP contribution in [0.5, 0.6) is 0 Å². The van der Waals surface area contributed by atoms with Gasteiger partial charge < -0.3 is 20.3 Å². The van der Waals surface area contributed by atoms with Crippen molar-refractivity contribution in [3.05, 3.63) is 59.7 Å². The minimum absolute atomic E-state index is 0.0565. The number of hydrogen-bond acceptors (Lipinski definition) is 4. The van der Waals surface area contributed by atoms with Crippen LogP contribution in [-0.2, 0) is 9.53 Å². The number of carbonyl (C=O) groups excluding carboxylic acids is 2. The van der Waals surface area contributed by atoms with Gasteiger partial charge in [-0.2, -0.15) is 0 Å². The van der Waals surface area contributed by atoms with Crippen LogP contribution in [0.2, 0.25) is 0 Å². The SMILES string of the molecule is CCC(C(=O)Nc1ccc(N2CCC(C)CC2)c(C(=O)NCC2CCCO2)c1)c1ccccc1. The lowest BCUT2D eigenvalue weighted by Gasteiger charge is -2.33. The topological polar surface area (TPSA) is 70.7 Å². The first kappa shape index (κ1) is 24.3. The van der Waals surface area contributed by atoms with Gasteiger partial charge in [-0.25, -0.2) is 0 Å². The van der Waals surface area contributed by atoms with Crippen molar-refractivity contribution in [2.24, 2.45) is 5.92 Å². The van der Waals surface area contributed by atoms with E-state index in [4.69, 9.17) is 4.74 Å². The molecule has 2 heterocycles. The van der Waals surface area contributed by atoms with Crippen LogP contribution >= 0.6 is 0 Å². The summed E-state index contributed by atoms with van der Waals surface area (Å²) < 4.78 is 5.67. The zero-order chi connectivity index (χ0) is 23.9. The number of benzene rings is 2. The fraction of sp³-hybridized carbons (Fsp3) is 0.500. The smallest absolute Gasteiger partial charge is 0.253 e. The van der Waals surface area contributed by atoms with Crippen molar-refractivity contribution in [1.82, 2.24) is 5.32 Å². The van der Waals surface area contributed by atoms with E-state index >= 15 is 0 Å². The molecule has 2 fully saturated rings. The molecule has 0 radical (unpaired) electrons. The highest BCUT2D eigenvalue weighted by Gasteiger charge is 2.24. The summed E-state index contributed by atoms with van der Waals surface area (Å²) in [6.45, 7) is 7.44. The molecule has 0 spiro atoms. The summed E-state index contributed by atoms with van der Waals surface area (Å²) in [4.78, 5) is 28.7.